The Hall–Kier alpha value is -2.47. The Morgan fingerprint density at radius 3 is 2.70 bits per heavy atom. The molecule has 0 radical (unpaired) electrons. The molecule has 2 rings (SSSR count). The molecule has 0 aliphatic rings. The van der Waals surface area contributed by atoms with Gasteiger partial charge in [0.1, 0.15) is 11.8 Å². The van der Waals surface area contributed by atoms with Crippen LogP contribution in [-0.4, -0.2) is 6.61 Å². The molecule has 0 saturated carbocycles. The molecule has 3 heteroatoms. The maximum atomic E-state index is 8.51. The lowest BCUT2D eigenvalue weighted by Crippen LogP contribution is -2.01. The maximum Gasteiger partial charge on any atom is 0.174 e. The Morgan fingerprint density at radius 1 is 1.10 bits per heavy atom. The molecule has 0 unspecified atom stereocenters. The number of rotatable bonds is 5. The first kappa shape index (κ1) is 14.0. The quantitative estimate of drug-likeness (QED) is 0.894. The minimum atomic E-state index is 0.0774. The first-order valence-electron chi connectivity index (χ1n) is 6.59. The number of anilines is 1. The zero-order chi connectivity index (χ0) is 14.4. The second-order valence-electron chi connectivity index (χ2n) is 4.75. The Labute approximate surface area is 119 Å². The fraction of sp³-hybridized carbons (Fsp3) is 0.235. The number of hydrogen-bond acceptors (Lipinski definition) is 3. The van der Waals surface area contributed by atoms with E-state index in [1.165, 1.54) is 11.1 Å². The molecule has 0 bridgehead atoms. The first-order valence-corrected chi connectivity index (χ1v) is 6.59. The Morgan fingerprint density at radius 2 is 1.95 bits per heavy atom. The van der Waals surface area contributed by atoms with Crippen LogP contribution < -0.4 is 10.1 Å². The molecule has 0 heterocycles. The molecule has 20 heavy (non-hydrogen) atoms. The van der Waals surface area contributed by atoms with Crippen molar-refractivity contribution in [2.45, 2.75) is 20.4 Å². The molecular formula is C17H18N2O. The number of benzene rings is 2. The van der Waals surface area contributed by atoms with Crippen LogP contribution in [0, 0.1) is 25.2 Å². The molecule has 102 valence electrons. The monoisotopic (exact) mass is 266 g/mol. The zero-order valence-corrected chi connectivity index (χ0v) is 11.8. The first-order chi connectivity index (χ1) is 9.69. The van der Waals surface area contributed by atoms with Crippen LogP contribution in [0.25, 0.3) is 0 Å². The number of aryl methyl sites for hydroxylation is 2. The Kier molecular flexibility index (Phi) is 4.62. The standard InChI is InChI=1S/C17H18N2O/c1-13-6-7-16(10-14(13)2)19-12-15-4-3-5-17(11-15)20-9-8-18/h3-7,10-11,19H,9,12H2,1-2H3. The van der Waals surface area contributed by atoms with E-state index in [1.54, 1.807) is 0 Å². The molecule has 1 N–H and O–H groups in total. The summed E-state index contributed by atoms with van der Waals surface area (Å²) in [5, 5.41) is 11.9. The van der Waals surface area contributed by atoms with Gasteiger partial charge in [-0.2, -0.15) is 5.26 Å². The summed E-state index contributed by atoms with van der Waals surface area (Å²) in [6, 6.07) is 16.1. The van der Waals surface area contributed by atoms with Crippen LogP contribution >= 0.6 is 0 Å². The second-order valence-corrected chi connectivity index (χ2v) is 4.75. The van der Waals surface area contributed by atoms with Crippen molar-refractivity contribution in [3.8, 4) is 11.8 Å². The molecule has 3 nitrogen and oxygen atoms in total. The van der Waals surface area contributed by atoms with Gasteiger partial charge in [-0.3, -0.25) is 0 Å². The summed E-state index contributed by atoms with van der Waals surface area (Å²) in [7, 11) is 0. The number of ether oxygens (including phenoxy) is 1. The lowest BCUT2D eigenvalue weighted by Gasteiger charge is -2.10. The zero-order valence-electron chi connectivity index (χ0n) is 11.8. The molecule has 0 amide bonds. The van der Waals surface area contributed by atoms with Crippen molar-refractivity contribution in [2.75, 3.05) is 11.9 Å². The van der Waals surface area contributed by atoms with Crippen molar-refractivity contribution >= 4 is 5.69 Å². The smallest absolute Gasteiger partial charge is 0.174 e. The molecule has 0 fully saturated rings. The normalized spacial score (nSPS) is 9.85. The van der Waals surface area contributed by atoms with Crippen LogP contribution in [0.3, 0.4) is 0 Å². The highest BCUT2D eigenvalue weighted by Gasteiger charge is 1.99. The highest BCUT2D eigenvalue weighted by atomic mass is 16.5. The van der Waals surface area contributed by atoms with E-state index in [1.807, 2.05) is 30.3 Å². The van der Waals surface area contributed by atoms with Gasteiger partial charge in [0, 0.05) is 12.2 Å². The third-order valence-electron chi connectivity index (χ3n) is 3.21. The summed E-state index contributed by atoms with van der Waals surface area (Å²) in [6.45, 7) is 5.02. The predicted molar refractivity (Wildman–Crippen MR) is 80.8 cm³/mol. The predicted octanol–water partition coefficient (Wildman–Crippen LogP) is 3.82. The van der Waals surface area contributed by atoms with Crippen LogP contribution in [-0.2, 0) is 6.54 Å². The van der Waals surface area contributed by atoms with E-state index in [-0.39, 0.29) is 6.61 Å². The lowest BCUT2D eigenvalue weighted by atomic mass is 10.1. The molecule has 0 spiro atoms. The highest BCUT2D eigenvalue weighted by Crippen LogP contribution is 2.17. The van der Waals surface area contributed by atoms with E-state index in [0.29, 0.717) is 0 Å². The molecule has 2 aromatic carbocycles. The van der Waals surface area contributed by atoms with Crippen LogP contribution in [0.4, 0.5) is 5.69 Å². The highest BCUT2D eigenvalue weighted by molar-refractivity contribution is 5.48. The van der Waals surface area contributed by atoms with Crippen molar-refractivity contribution in [3.05, 3.63) is 59.2 Å². The summed E-state index contributed by atoms with van der Waals surface area (Å²) < 4.78 is 5.29. The number of nitriles is 1. The van der Waals surface area contributed by atoms with E-state index >= 15 is 0 Å². The maximum absolute atomic E-state index is 8.51. The van der Waals surface area contributed by atoms with E-state index < -0.39 is 0 Å². The lowest BCUT2D eigenvalue weighted by molar-refractivity contribution is 0.368. The molecule has 0 aliphatic heterocycles. The van der Waals surface area contributed by atoms with Gasteiger partial charge in [0.2, 0.25) is 0 Å². The number of hydrogen-bond donors (Lipinski definition) is 1. The summed E-state index contributed by atoms with van der Waals surface area (Å²) in [5.74, 6) is 0.728. The van der Waals surface area contributed by atoms with Crippen LogP contribution in [0.2, 0.25) is 0 Å². The minimum absolute atomic E-state index is 0.0774. The minimum Gasteiger partial charge on any atom is -0.479 e. The van der Waals surface area contributed by atoms with Crippen molar-refractivity contribution < 1.29 is 4.74 Å². The topological polar surface area (TPSA) is 45.0 Å². The van der Waals surface area contributed by atoms with Gasteiger partial charge >= 0.3 is 0 Å². The number of nitrogens with one attached hydrogen (secondary N) is 1. The second kappa shape index (κ2) is 6.63. The van der Waals surface area contributed by atoms with Gasteiger partial charge in [0.15, 0.2) is 6.61 Å². The summed E-state index contributed by atoms with van der Waals surface area (Å²) in [4.78, 5) is 0. The Bertz CT molecular complexity index is 629. The summed E-state index contributed by atoms with van der Waals surface area (Å²) in [6.07, 6.45) is 0. The van der Waals surface area contributed by atoms with Crippen LogP contribution in [0.1, 0.15) is 16.7 Å². The SMILES string of the molecule is Cc1ccc(NCc2cccc(OCC#N)c2)cc1C. The van der Waals surface area contributed by atoms with Crippen LogP contribution in [0.5, 0.6) is 5.75 Å². The van der Waals surface area contributed by atoms with Crippen molar-refractivity contribution in [2.24, 2.45) is 0 Å². The van der Waals surface area contributed by atoms with Gasteiger partial charge < -0.3 is 10.1 Å². The number of nitrogens with zero attached hydrogens (tertiary/aromatic N) is 1. The summed E-state index contributed by atoms with van der Waals surface area (Å²) >= 11 is 0. The Balaban J connectivity index is 1.99. The van der Waals surface area contributed by atoms with Crippen molar-refractivity contribution in [3.63, 3.8) is 0 Å². The van der Waals surface area contributed by atoms with E-state index in [2.05, 4.69) is 37.4 Å². The van der Waals surface area contributed by atoms with Crippen LogP contribution in [0.15, 0.2) is 42.5 Å². The molecular weight excluding hydrogens is 248 g/mol. The molecule has 0 aliphatic carbocycles. The van der Waals surface area contributed by atoms with E-state index in [9.17, 15) is 0 Å². The van der Waals surface area contributed by atoms with Gasteiger partial charge in [-0.05, 0) is 54.8 Å². The molecule has 0 saturated heterocycles. The summed E-state index contributed by atoms with van der Waals surface area (Å²) in [5.41, 5.74) is 4.80. The fourth-order valence-corrected chi connectivity index (χ4v) is 1.92. The third kappa shape index (κ3) is 3.76. The van der Waals surface area contributed by atoms with Gasteiger partial charge in [-0.15, -0.1) is 0 Å². The van der Waals surface area contributed by atoms with Crippen molar-refractivity contribution in [1.82, 2.24) is 0 Å². The third-order valence-corrected chi connectivity index (χ3v) is 3.21. The van der Waals surface area contributed by atoms with Gasteiger partial charge in [-0.25, -0.2) is 0 Å². The van der Waals surface area contributed by atoms with E-state index in [4.69, 9.17) is 10.00 Å². The average Bonchev–Trinajstić information content (AvgIpc) is 2.47. The van der Waals surface area contributed by atoms with Gasteiger partial charge in [0.25, 0.3) is 0 Å². The van der Waals surface area contributed by atoms with E-state index in [0.717, 1.165) is 23.5 Å². The largest absolute Gasteiger partial charge is 0.479 e. The van der Waals surface area contributed by atoms with Gasteiger partial charge in [0.05, 0.1) is 0 Å². The molecule has 0 aromatic heterocycles. The fourth-order valence-electron chi connectivity index (χ4n) is 1.92. The van der Waals surface area contributed by atoms with Gasteiger partial charge in [-0.1, -0.05) is 18.2 Å². The average molecular weight is 266 g/mol. The van der Waals surface area contributed by atoms with Crippen molar-refractivity contribution in [1.29, 1.82) is 5.26 Å². The molecule has 2 aromatic rings. The molecule has 0 atom stereocenters.